The topological polar surface area (TPSA) is 78.4 Å². The maximum absolute atomic E-state index is 11.4. The van der Waals surface area contributed by atoms with Gasteiger partial charge in [0.1, 0.15) is 0 Å². The second-order valence-corrected chi connectivity index (χ2v) is 4.97. The van der Waals surface area contributed by atoms with E-state index in [0.717, 1.165) is 38.6 Å². The van der Waals surface area contributed by atoms with Gasteiger partial charge in [-0.15, -0.1) is 0 Å². The average molecular weight is 256 g/mol. The molecular formula is C13H24N2O3. The van der Waals surface area contributed by atoms with Crippen molar-refractivity contribution in [3.05, 3.63) is 0 Å². The highest BCUT2D eigenvalue weighted by Crippen LogP contribution is 2.31. The van der Waals surface area contributed by atoms with Gasteiger partial charge >= 0.3 is 5.97 Å². The Morgan fingerprint density at radius 2 is 2.11 bits per heavy atom. The normalized spacial score (nSPS) is 22.9. The van der Waals surface area contributed by atoms with Crippen LogP contribution in [-0.2, 0) is 9.59 Å². The molecule has 1 fully saturated rings. The summed E-state index contributed by atoms with van der Waals surface area (Å²) < 4.78 is 0. The highest BCUT2D eigenvalue weighted by molar-refractivity contribution is 5.77. The van der Waals surface area contributed by atoms with E-state index in [1.165, 1.54) is 0 Å². The van der Waals surface area contributed by atoms with Crippen LogP contribution in [0.3, 0.4) is 0 Å². The highest BCUT2D eigenvalue weighted by Gasteiger charge is 2.32. The molecule has 0 saturated heterocycles. The number of carbonyl (C=O) groups excluding carboxylic acids is 1. The average Bonchev–Trinajstić information content (AvgIpc) is 2.78. The number of unbranched alkanes of at least 4 members (excludes halogenated alkanes) is 1. The Morgan fingerprint density at radius 3 is 2.78 bits per heavy atom. The van der Waals surface area contributed by atoms with Crippen LogP contribution in [-0.4, -0.2) is 36.6 Å². The summed E-state index contributed by atoms with van der Waals surface area (Å²) >= 11 is 0. The van der Waals surface area contributed by atoms with E-state index < -0.39 is 5.97 Å². The van der Waals surface area contributed by atoms with E-state index in [0.29, 0.717) is 6.54 Å². The maximum Gasteiger partial charge on any atom is 0.306 e. The molecule has 104 valence electrons. The molecular weight excluding hydrogens is 232 g/mol. The molecule has 5 heteroatoms. The smallest absolute Gasteiger partial charge is 0.306 e. The molecule has 0 radical (unpaired) electrons. The molecule has 1 saturated carbocycles. The van der Waals surface area contributed by atoms with Gasteiger partial charge in [0, 0.05) is 6.54 Å². The number of hydrogen-bond acceptors (Lipinski definition) is 3. The first kappa shape index (κ1) is 15.0. The molecule has 1 amide bonds. The fourth-order valence-electron chi connectivity index (χ4n) is 2.44. The summed E-state index contributed by atoms with van der Waals surface area (Å²) in [7, 11) is 0. The van der Waals surface area contributed by atoms with Gasteiger partial charge in [0.25, 0.3) is 0 Å². The van der Waals surface area contributed by atoms with Crippen molar-refractivity contribution >= 4 is 11.9 Å². The van der Waals surface area contributed by atoms with Gasteiger partial charge in [0.05, 0.1) is 12.5 Å². The van der Waals surface area contributed by atoms with Crippen molar-refractivity contribution in [1.82, 2.24) is 10.6 Å². The minimum absolute atomic E-state index is 0.00618. The summed E-state index contributed by atoms with van der Waals surface area (Å²) in [5.74, 6) is -0.772. The zero-order chi connectivity index (χ0) is 13.4. The van der Waals surface area contributed by atoms with Crippen LogP contribution in [0.4, 0.5) is 0 Å². The van der Waals surface area contributed by atoms with E-state index in [1.54, 1.807) is 0 Å². The SMILES string of the molecule is CCCCNC(=O)CNCC1CCCC1C(=O)O. The van der Waals surface area contributed by atoms with Crippen molar-refractivity contribution in [3.8, 4) is 0 Å². The zero-order valence-electron chi connectivity index (χ0n) is 11.1. The Morgan fingerprint density at radius 1 is 1.33 bits per heavy atom. The first-order valence-electron chi connectivity index (χ1n) is 6.85. The quantitative estimate of drug-likeness (QED) is 0.566. The molecule has 1 rings (SSSR count). The number of carboxylic acid groups (broad SMARTS) is 1. The first-order valence-corrected chi connectivity index (χ1v) is 6.85. The summed E-state index contributed by atoms with van der Waals surface area (Å²) in [5.41, 5.74) is 0. The molecule has 0 aromatic rings. The van der Waals surface area contributed by atoms with Gasteiger partial charge in [-0.25, -0.2) is 0 Å². The molecule has 0 aromatic carbocycles. The number of nitrogens with one attached hydrogen (secondary N) is 2. The third-order valence-electron chi connectivity index (χ3n) is 3.52. The lowest BCUT2D eigenvalue weighted by molar-refractivity contribution is -0.142. The Balaban J connectivity index is 2.13. The van der Waals surface area contributed by atoms with Crippen LogP contribution in [0.25, 0.3) is 0 Å². The molecule has 0 aliphatic heterocycles. The van der Waals surface area contributed by atoms with Crippen LogP contribution in [0.15, 0.2) is 0 Å². The van der Waals surface area contributed by atoms with Crippen LogP contribution < -0.4 is 10.6 Å². The van der Waals surface area contributed by atoms with Gasteiger partial charge in [-0.2, -0.15) is 0 Å². The van der Waals surface area contributed by atoms with Crippen molar-refractivity contribution in [2.24, 2.45) is 11.8 Å². The Bertz CT molecular complexity index is 281. The summed E-state index contributed by atoms with van der Waals surface area (Å²) in [4.78, 5) is 22.4. The van der Waals surface area contributed by atoms with E-state index in [9.17, 15) is 9.59 Å². The van der Waals surface area contributed by atoms with Crippen LogP contribution in [0, 0.1) is 11.8 Å². The number of carboxylic acids is 1. The molecule has 2 unspecified atom stereocenters. The number of amides is 1. The number of aliphatic carboxylic acids is 1. The molecule has 2 atom stereocenters. The van der Waals surface area contributed by atoms with Crippen LogP contribution >= 0.6 is 0 Å². The van der Waals surface area contributed by atoms with E-state index >= 15 is 0 Å². The van der Waals surface area contributed by atoms with Gasteiger partial charge in [-0.1, -0.05) is 19.8 Å². The highest BCUT2D eigenvalue weighted by atomic mass is 16.4. The largest absolute Gasteiger partial charge is 0.481 e. The van der Waals surface area contributed by atoms with Crippen molar-refractivity contribution in [2.75, 3.05) is 19.6 Å². The monoisotopic (exact) mass is 256 g/mol. The molecule has 0 heterocycles. The van der Waals surface area contributed by atoms with Crippen molar-refractivity contribution in [2.45, 2.75) is 39.0 Å². The number of rotatable bonds is 8. The van der Waals surface area contributed by atoms with E-state index in [4.69, 9.17) is 5.11 Å². The minimum atomic E-state index is -0.702. The van der Waals surface area contributed by atoms with Gasteiger partial charge in [-0.05, 0) is 31.7 Å². The summed E-state index contributed by atoms with van der Waals surface area (Å²) in [6.07, 6.45) is 4.75. The predicted molar refractivity (Wildman–Crippen MR) is 69.3 cm³/mol. The van der Waals surface area contributed by atoms with Crippen molar-refractivity contribution in [3.63, 3.8) is 0 Å². The summed E-state index contributed by atoms with van der Waals surface area (Å²) in [6.45, 7) is 3.71. The van der Waals surface area contributed by atoms with Crippen LogP contribution in [0.5, 0.6) is 0 Å². The van der Waals surface area contributed by atoms with Crippen molar-refractivity contribution < 1.29 is 14.7 Å². The molecule has 5 nitrogen and oxygen atoms in total. The molecule has 1 aliphatic rings. The van der Waals surface area contributed by atoms with Crippen LogP contribution in [0.2, 0.25) is 0 Å². The second kappa shape index (κ2) is 8.08. The first-order chi connectivity index (χ1) is 8.65. The molecule has 0 spiro atoms. The predicted octanol–water partition coefficient (Wildman–Crippen LogP) is 0.993. The van der Waals surface area contributed by atoms with E-state index in [-0.39, 0.29) is 24.3 Å². The van der Waals surface area contributed by atoms with Crippen molar-refractivity contribution in [1.29, 1.82) is 0 Å². The lowest BCUT2D eigenvalue weighted by Gasteiger charge is -2.16. The Hall–Kier alpha value is -1.10. The van der Waals surface area contributed by atoms with Gasteiger partial charge in [-0.3, -0.25) is 9.59 Å². The zero-order valence-corrected chi connectivity index (χ0v) is 11.1. The van der Waals surface area contributed by atoms with Gasteiger partial charge in [0.15, 0.2) is 0 Å². The third-order valence-corrected chi connectivity index (χ3v) is 3.52. The van der Waals surface area contributed by atoms with E-state index in [1.807, 2.05) is 0 Å². The number of hydrogen-bond donors (Lipinski definition) is 3. The second-order valence-electron chi connectivity index (χ2n) is 4.97. The standard InChI is InChI=1S/C13H24N2O3/c1-2-3-7-15-12(16)9-14-8-10-5-4-6-11(10)13(17)18/h10-11,14H,2-9H2,1H3,(H,15,16)(H,17,18). The Labute approximate surface area is 108 Å². The van der Waals surface area contributed by atoms with Gasteiger partial charge in [0.2, 0.25) is 5.91 Å². The lowest BCUT2D eigenvalue weighted by Crippen LogP contribution is -2.37. The summed E-state index contributed by atoms with van der Waals surface area (Å²) in [5, 5.41) is 14.9. The van der Waals surface area contributed by atoms with Crippen LogP contribution in [0.1, 0.15) is 39.0 Å². The third kappa shape index (κ3) is 5.04. The fourth-order valence-corrected chi connectivity index (χ4v) is 2.44. The molecule has 1 aliphatic carbocycles. The van der Waals surface area contributed by atoms with E-state index in [2.05, 4.69) is 17.6 Å². The molecule has 18 heavy (non-hydrogen) atoms. The molecule has 0 bridgehead atoms. The maximum atomic E-state index is 11.4. The lowest BCUT2D eigenvalue weighted by atomic mass is 9.96. The van der Waals surface area contributed by atoms with Gasteiger partial charge < -0.3 is 15.7 Å². The Kier molecular flexibility index (Phi) is 6.72. The fraction of sp³-hybridized carbons (Fsp3) is 0.846. The molecule has 0 aromatic heterocycles. The summed E-state index contributed by atoms with van der Waals surface area (Å²) in [6, 6.07) is 0. The molecule has 3 N–H and O–H groups in total. The number of carbonyl (C=O) groups is 2. The minimum Gasteiger partial charge on any atom is -0.481 e.